The van der Waals surface area contributed by atoms with Gasteiger partial charge in [0.25, 0.3) is 0 Å². The molecule has 0 N–H and O–H groups in total. The Bertz CT molecular complexity index is 478. The van der Waals surface area contributed by atoms with Crippen LogP contribution >= 0.6 is 23.2 Å². The lowest BCUT2D eigenvalue weighted by atomic mass is 10.2. The van der Waals surface area contributed by atoms with Crippen molar-refractivity contribution in [3.05, 3.63) is 39.2 Å². The molecule has 2 nitrogen and oxygen atoms in total. The van der Waals surface area contributed by atoms with E-state index < -0.39 is 9.84 Å². The van der Waals surface area contributed by atoms with Crippen molar-refractivity contribution in [3.8, 4) is 0 Å². The van der Waals surface area contributed by atoms with E-state index in [0.717, 1.165) is 0 Å². The third kappa shape index (κ3) is 3.86. The molecule has 0 atom stereocenters. The molecular weight excluding hydrogens is 255 g/mol. The van der Waals surface area contributed by atoms with Gasteiger partial charge in [-0.05, 0) is 23.8 Å². The Kier molecular flexibility index (Phi) is 4.20. The summed E-state index contributed by atoms with van der Waals surface area (Å²) >= 11 is 11.5. The fourth-order valence-electron chi connectivity index (χ4n) is 0.895. The summed E-state index contributed by atoms with van der Waals surface area (Å²) in [6.07, 6.45) is 1.50. The maximum Gasteiger partial charge on any atom is 0.171 e. The monoisotopic (exact) mass is 264 g/mol. The van der Waals surface area contributed by atoms with E-state index in [9.17, 15) is 8.42 Å². The lowest BCUT2D eigenvalue weighted by Gasteiger charge is -1.97. The van der Waals surface area contributed by atoms with Crippen molar-refractivity contribution in [1.29, 1.82) is 0 Å². The normalized spacial score (nSPS) is 12.2. The smallest absolute Gasteiger partial charge is 0.171 e. The van der Waals surface area contributed by atoms with Gasteiger partial charge in [-0.3, -0.25) is 0 Å². The Morgan fingerprint density at radius 2 is 1.93 bits per heavy atom. The highest BCUT2D eigenvalue weighted by molar-refractivity contribution is 7.94. The van der Waals surface area contributed by atoms with Gasteiger partial charge in [0.1, 0.15) is 0 Å². The summed E-state index contributed by atoms with van der Waals surface area (Å²) in [5.74, 6) is 0.0881. The van der Waals surface area contributed by atoms with Crippen LogP contribution in [0.5, 0.6) is 0 Å². The van der Waals surface area contributed by atoms with Crippen LogP contribution in [0.15, 0.2) is 23.6 Å². The minimum atomic E-state index is -3.10. The SMILES string of the molecule is CCS(=O)(=O)C=Cc1ccc(Cl)c(Cl)c1. The Hall–Kier alpha value is -0.510. The average Bonchev–Trinajstić information content (AvgIpc) is 2.20. The molecule has 0 aromatic heterocycles. The van der Waals surface area contributed by atoms with Crippen molar-refractivity contribution in [2.24, 2.45) is 0 Å². The first-order valence-corrected chi connectivity index (χ1v) is 6.77. The highest BCUT2D eigenvalue weighted by Crippen LogP contribution is 2.23. The summed E-state index contributed by atoms with van der Waals surface area (Å²) in [7, 11) is -3.10. The van der Waals surface area contributed by atoms with Gasteiger partial charge >= 0.3 is 0 Å². The first kappa shape index (κ1) is 12.6. The average molecular weight is 265 g/mol. The minimum absolute atomic E-state index is 0.0881. The van der Waals surface area contributed by atoms with Gasteiger partial charge in [0.05, 0.1) is 15.8 Å². The molecule has 1 rings (SSSR count). The van der Waals surface area contributed by atoms with Crippen molar-refractivity contribution >= 4 is 39.1 Å². The number of benzene rings is 1. The van der Waals surface area contributed by atoms with Crippen LogP contribution in [-0.4, -0.2) is 14.2 Å². The topological polar surface area (TPSA) is 34.1 Å². The molecule has 0 aliphatic carbocycles. The molecule has 0 amide bonds. The van der Waals surface area contributed by atoms with Crippen molar-refractivity contribution < 1.29 is 8.42 Å². The fraction of sp³-hybridized carbons (Fsp3) is 0.200. The summed E-state index contributed by atoms with van der Waals surface area (Å²) in [5, 5.41) is 2.03. The van der Waals surface area contributed by atoms with E-state index in [0.29, 0.717) is 15.6 Å². The number of rotatable bonds is 3. The van der Waals surface area contributed by atoms with E-state index in [-0.39, 0.29) is 5.75 Å². The highest BCUT2D eigenvalue weighted by atomic mass is 35.5. The Morgan fingerprint density at radius 3 is 2.47 bits per heavy atom. The second-order valence-corrected chi connectivity index (χ2v) is 5.92. The standard InChI is InChI=1S/C10H10Cl2O2S/c1-2-15(13,14)6-5-8-3-4-9(11)10(12)7-8/h3-7H,2H2,1H3. The molecule has 1 aromatic rings. The lowest BCUT2D eigenvalue weighted by Crippen LogP contribution is -1.96. The molecule has 0 radical (unpaired) electrons. The Balaban J connectivity index is 2.96. The van der Waals surface area contributed by atoms with Crippen LogP contribution in [0.4, 0.5) is 0 Å². The van der Waals surface area contributed by atoms with E-state index in [1.165, 1.54) is 11.5 Å². The van der Waals surface area contributed by atoms with Crippen LogP contribution in [0, 0.1) is 0 Å². The zero-order valence-electron chi connectivity index (χ0n) is 8.07. The molecule has 0 unspecified atom stereocenters. The molecule has 0 saturated heterocycles. The molecule has 0 saturated carbocycles. The molecule has 0 aliphatic heterocycles. The maximum absolute atomic E-state index is 11.2. The molecule has 0 spiro atoms. The molecule has 0 aliphatic rings. The van der Waals surface area contributed by atoms with Gasteiger partial charge in [-0.15, -0.1) is 0 Å². The Morgan fingerprint density at radius 1 is 1.27 bits per heavy atom. The van der Waals surface area contributed by atoms with Gasteiger partial charge in [-0.25, -0.2) is 8.42 Å². The van der Waals surface area contributed by atoms with Gasteiger partial charge in [0.15, 0.2) is 9.84 Å². The second-order valence-electron chi connectivity index (χ2n) is 2.93. The van der Waals surface area contributed by atoms with Crippen molar-refractivity contribution in [1.82, 2.24) is 0 Å². The molecule has 0 fully saturated rings. The molecule has 82 valence electrons. The van der Waals surface area contributed by atoms with Crippen molar-refractivity contribution in [3.63, 3.8) is 0 Å². The number of halogens is 2. The zero-order valence-corrected chi connectivity index (χ0v) is 10.4. The molecule has 15 heavy (non-hydrogen) atoms. The first-order valence-electron chi connectivity index (χ1n) is 4.30. The fourth-order valence-corrected chi connectivity index (χ4v) is 1.76. The van der Waals surface area contributed by atoms with Gasteiger partial charge in [0.2, 0.25) is 0 Å². The van der Waals surface area contributed by atoms with Crippen LogP contribution in [0.25, 0.3) is 6.08 Å². The summed E-state index contributed by atoms with van der Waals surface area (Å²) < 4.78 is 22.4. The quantitative estimate of drug-likeness (QED) is 0.839. The van der Waals surface area contributed by atoms with Gasteiger partial charge < -0.3 is 0 Å². The molecule has 1 aromatic carbocycles. The lowest BCUT2D eigenvalue weighted by molar-refractivity contribution is 0.606. The Labute approximate surface area is 99.4 Å². The van der Waals surface area contributed by atoms with Crippen LogP contribution in [0.2, 0.25) is 10.0 Å². The van der Waals surface area contributed by atoms with Crippen LogP contribution in [-0.2, 0) is 9.84 Å². The van der Waals surface area contributed by atoms with E-state index in [2.05, 4.69) is 0 Å². The van der Waals surface area contributed by atoms with E-state index >= 15 is 0 Å². The summed E-state index contributed by atoms with van der Waals surface area (Å²) in [6.45, 7) is 1.59. The first-order chi connectivity index (χ1) is 6.94. The predicted molar refractivity (Wildman–Crippen MR) is 65.0 cm³/mol. The number of hydrogen-bond acceptors (Lipinski definition) is 2. The summed E-state index contributed by atoms with van der Waals surface area (Å²) in [6, 6.07) is 4.95. The highest BCUT2D eigenvalue weighted by Gasteiger charge is 2.01. The maximum atomic E-state index is 11.2. The van der Waals surface area contributed by atoms with Crippen LogP contribution in [0.1, 0.15) is 12.5 Å². The number of hydrogen-bond donors (Lipinski definition) is 0. The largest absolute Gasteiger partial charge is 0.224 e. The molecule has 0 bridgehead atoms. The second kappa shape index (κ2) is 5.01. The number of sulfone groups is 1. The van der Waals surface area contributed by atoms with E-state index in [1.807, 2.05) is 0 Å². The van der Waals surface area contributed by atoms with Gasteiger partial charge in [-0.1, -0.05) is 36.2 Å². The van der Waals surface area contributed by atoms with Crippen LogP contribution < -0.4 is 0 Å². The van der Waals surface area contributed by atoms with E-state index in [4.69, 9.17) is 23.2 Å². The van der Waals surface area contributed by atoms with Crippen molar-refractivity contribution in [2.45, 2.75) is 6.92 Å². The van der Waals surface area contributed by atoms with E-state index in [1.54, 1.807) is 25.1 Å². The molecular formula is C10H10Cl2O2S. The van der Waals surface area contributed by atoms with Crippen LogP contribution in [0.3, 0.4) is 0 Å². The zero-order chi connectivity index (χ0) is 11.5. The summed E-state index contributed by atoms with van der Waals surface area (Å²) in [4.78, 5) is 0. The third-order valence-corrected chi connectivity index (χ3v) is 3.91. The molecule has 0 heterocycles. The predicted octanol–water partition coefficient (Wildman–Crippen LogP) is 3.40. The van der Waals surface area contributed by atoms with Crippen molar-refractivity contribution in [2.75, 3.05) is 5.75 Å². The minimum Gasteiger partial charge on any atom is -0.224 e. The van der Waals surface area contributed by atoms with Gasteiger partial charge in [-0.2, -0.15) is 0 Å². The molecule has 5 heteroatoms. The third-order valence-electron chi connectivity index (χ3n) is 1.81. The van der Waals surface area contributed by atoms with Gasteiger partial charge in [0, 0.05) is 5.41 Å². The summed E-state index contributed by atoms with van der Waals surface area (Å²) in [5.41, 5.74) is 0.710.